The maximum absolute atomic E-state index is 13.9. The zero-order valence-electron chi connectivity index (χ0n) is 22.4. The van der Waals surface area contributed by atoms with E-state index in [0.717, 1.165) is 11.4 Å². The summed E-state index contributed by atoms with van der Waals surface area (Å²) in [5, 5.41) is 6.35. The molecule has 0 aromatic heterocycles. The number of hydrogen-bond donors (Lipinski definition) is 0. The summed E-state index contributed by atoms with van der Waals surface area (Å²) in [6.07, 6.45) is 36.6. The average molecular weight is 598 g/mol. The molecule has 0 bridgehead atoms. The second-order valence-electron chi connectivity index (χ2n) is 9.31. The molecule has 1 amide bonds. The van der Waals surface area contributed by atoms with Crippen molar-refractivity contribution in [3.05, 3.63) is 158 Å². The zero-order chi connectivity index (χ0) is 26.1. The number of carbonyl (C=O) groups excluding carboxylic acids is 1. The van der Waals surface area contributed by atoms with Crippen molar-refractivity contribution in [2.45, 2.75) is 20.8 Å². The number of carbonyl (C=O) groups is 1. The van der Waals surface area contributed by atoms with Gasteiger partial charge in [0.05, 0.1) is 16.8 Å². The molecule has 0 spiro atoms. The quantitative estimate of drug-likeness (QED) is 0.356. The van der Waals surface area contributed by atoms with Gasteiger partial charge in [-0.2, -0.15) is 10.1 Å². The Morgan fingerprint density at radius 3 is 1.33 bits per heavy atom. The van der Waals surface area contributed by atoms with Crippen LogP contribution in [0.4, 0.5) is 5.69 Å². The molecule has 39 heavy (non-hydrogen) atoms. The largest absolute Gasteiger partial charge is 2.00 e. The van der Waals surface area contributed by atoms with Crippen LogP contribution in [0.5, 0.6) is 0 Å². The van der Waals surface area contributed by atoms with Crippen LogP contribution in [0.25, 0.3) is 0 Å². The van der Waals surface area contributed by atoms with Gasteiger partial charge in [-0.1, -0.05) is 32.0 Å². The molecule has 5 aliphatic rings. The first-order valence-corrected chi connectivity index (χ1v) is 12.8. The second kappa shape index (κ2) is 17.4. The number of hydrogen-bond acceptors (Lipinski definition) is 2. The third-order valence-electron chi connectivity index (χ3n) is 7.25. The van der Waals surface area contributed by atoms with E-state index in [1.165, 1.54) is 11.8 Å². The van der Waals surface area contributed by atoms with Gasteiger partial charge in [-0.05, 0) is 158 Å². The molecule has 3 nitrogen and oxygen atoms in total. The molecule has 1 aliphatic heterocycles. The molecule has 1 heterocycles. The fourth-order valence-electron chi connectivity index (χ4n) is 5.25. The van der Waals surface area contributed by atoms with E-state index in [2.05, 4.69) is 39.5 Å². The van der Waals surface area contributed by atoms with E-state index in [4.69, 9.17) is 5.10 Å². The normalized spacial score (nSPS) is 26.5. The van der Waals surface area contributed by atoms with Crippen molar-refractivity contribution >= 4 is 17.3 Å². The first-order chi connectivity index (χ1) is 18.1. The summed E-state index contributed by atoms with van der Waals surface area (Å²) >= 11 is 0. The van der Waals surface area contributed by atoms with Crippen LogP contribution in [-0.2, 0) is 38.9 Å². The van der Waals surface area contributed by atoms with Crippen LogP contribution in [-0.4, -0.2) is 11.6 Å². The van der Waals surface area contributed by atoms with Gasteiger partial charge in [-0.3, -0.25) is 4.79 Å². The van der Waals surface area contributed by atoms with E-state index in [0.29, 0.717) is 0 Å². The molecule has 4 fully saturated rings. The Morgan fingerprint density at radius 2 is 0.974 bits per heavy atom. The Balaban J connectivity index is 0.000000373. The number of rotatable bonds is 5. The maximum Gasteiger partial charge on any atom is 2.00 e. The van der Waals surface area contributed by atoms with Crippen molar-refractivity contribution in [2.24, 2.45) is 22.4 Å². The summed E-state index contributed by atoms with van der Waals surface area (Å²) in [7, 11) is 0. The van der Waals surface area contributed by atoms with E-state index >= 15 is 0 Å². The van der Waals surface area contributed by atoms with Crippen molar-refractivity contribution in [3.63, 3.8) is 0 Å². The summed E-state index contributed by atoms with van der Waals surface area (Å²) in [5.74, 6) is 2.43. The van der Waals surface area contributed by atoms with Crippen LogP contribution in [0.1, 0.15) is 20.8 Å². The summed E-state index contributed by atoms with van der Waals surface area (Å²) in [6, 6.07) is 9.70. The van der Waals surface area contributed by atoms with Gasteiger partial charge in [0.2, 0.25) is 0 Å². The number of anilines is 1. The van der Waals surface area contributed by atoms with Crippen LogP contribution in [0.2, 0.25) is 0 Å². The predicted octanol–water partition coefficient (Wildman–Crippen LogP) is 6.52. The maximum atomic E-state index is 13.9. The summed E-state index contributed by atoms with van der Waals surface area (Å²) in [5.41, 5.74) is 0.977. The van der Waals surface area contributed by atoms with Gasteiger partial charge in [0.25, 0.3) is 5.91 Å². The van der Waals surface area contributed by atoms with E-state index in [-0.39, 0.29) is 51.9 Å². The first kappa shape index (κ1) is 34.6. The minimum Gasteiger partial charge on any atom is -0.271 e. The molecule has 5 heteroatoms. The fraction of sp³-hybridized carbons (Fsp3) is 0.176. The number of amides is 1. The molecule has 2 atom stereocenters. The predicted molar refractivity (Wildman–Crippen MR) is 152 cm³/mol. The Morgan fingerprint density at radius 1 is 0.615 bits per heavy atom. The Kier molecular flexibility index (Phi) is 15.4. The molecule has 4 aliphatic carbocycles. The van der Waals surface area contributed by atoms with Gasteiger partial charge in [0.15, 0.2) is 0 Å². The monoisotopic (exact) mass is 598 g/mol. The fourth-order valence-corrected chi connectivity index (χ4v) is 5.25. The molecule has 1 aromatic rings. The number of para-hydroxylation sites is 1. The third-order valence-corrected chi connectivity index (χ3v) is 7.25. The standard InChI is InChI=1S/C24H24N2O.2C5H5.2Fe/c1-17(20-11-7-8-12-20)24(18(2)21-13-9-10-14-21)19(3)25-26(23(24)27)22-15-5-4-6-16-22;2*1-2-4-5-3-1;;/h4-18H,1-3H3;2*1-5H;;/q;;;2*+2. The van der Waals surface area contributed by atoms with E-state index in [1.54, 1.807) is 5.01 Å². The number of nitrogens with zero attached hydrogens (tertiary/aromatic N) is 2. The molecule has 0 saturated heterocycles. The molecular formula is C34H34Fe2N2O+4. The SMILES string of the molecule is CC1=NN(c2ccccc2)C(=O)C1(C(C)[C]1[CH][CH][CH][CH]1)C(C)[C]1[CH][CH][CH][CH]1.[CH]1[CH][CH][CH][CH]1.[CH]1[CH][CH][CH][CH]1.[Fe+2].[Fe+2]. The second-order valence-corrected chi connectivity index (χ2v) is 9.31. The third kappa shape index (κ3) is 8.24. The van der Waals surface area contributed by atoms with Crippen LogP contribution in [0, 0.1) is 145 Å². The molecule has 20 radical (unpaired) electrons. The minimum absolute atomic E-state index is 0. The van der Waals surface area contributed by atoms with Gasteiger partial charge in [0, 0.05) is 0 Å². The zero-order valence-corrected chi connectivity index (χ0v) is 24.7. The summed E-state index contributed by atoms with van der Waals surface area (Å²) in [6.45, 7) is 6.31. The molecular weight excluding hydrogens is 564 g/mol. The number of hydrazone groups is 1. The minimum atomic E-state index is -0.710. The van der Waals surface area contributed by atoms with Gasteiger partial charge >= 0.3 is 34.1 Å². The summed E-state index contributed by atoms with van der Waals surface area (Å²) < 4.78 is 0. The Labute approximate surface area is 261 Å². The first-order valence-electron chi connectivity index (χ1n) is 12.8. The molecule has 2 unspecified atom stereocenters. The van der Waals surface area contributed by atoms with Crippen molar-refractivity contribution in [3.8, 4) is 0 Å². The average Bonchev–Trinajstić information content (AvgIpc) is 3.78. The molecule has 0 N–H and O–H groups in total. The van der Waals surface area contributed by atoms with E-state index in [1.807, 2.05) is 127 Å². The van der Waals surface area contributed by atoms with Crippen LogP contribution < -0.4 is 5.01 Å². The molecule has 198 valence electrons. The van der Waals surface area contributed by atoms with Crippen molar-refractivity contribution < 1.29 is 38.9 Å². The molecule has 4 saturated carbocycles. The van der Waals surface area contributed by atoms with Gasteiger partial charge in [-0.15, -0.1) is 0 Å². The Hall–Kier alpha value is -0.601. The van der Waals surface area contributed by atoms with Gasteiger partial charge in [-0.25, -0.2) is 0 Å². The molecule has 1 aromatic carbocycles. The smallest absolute Gasteiger partial charge is 0.271 e. The van der Waals surface area contributed by atoms with Crippen molar-refractivity contribution in [1.29, 1.82) is 0 Å². The van der Waals surface area contributed by atoms with Crippen LogP contribution >= 0.6 is 0 Å². The van der Waals surface area contributed by atoms with Crippen LogP contribution in [0.15, 0.2) is 35.4 Å². The van der Waals surface area contributed by atoms with Gasteiger partial charge < -0.3 is 0 Å². The Bertz CT molecular complexity index is 806. The molecule has 6 rings (SSSR count). The number of benzene rings is 1. The van der Waals surface area contributed by atoms with Crippen molar-refractivity contribution in [2.75, 3.05) is 5.01 Å². The topological polar surface area (TPSA) is 32.7 Å². The van der Waals surface area contributed by atoms with Crippen molar-refractivity contribution in [1.82, 2.24) is 0 Å². The summed E-state index contributed by atoms with van der Waals surface area (Å²) in [4.78, 5) is 13.9. The van der Waals surface area contributed by atoms with E-state index in [9.17, 15) is 4.79 Å². The van der Waals surface area contributed by atoms with Gasteiger partial charge in [0.1, 0.15) is 0 Å². The van der Waals surface area contributed by atoms with Crippen LogP contribution in [0.3, 0.4) is 0 Å². The van der Waals surface area contributed by atoms with E-state index < -0.39 is 5.41 Å².